The second kappa shape index (κ2) is 5.96. The number of hydrogen-bond acceptors (Lipinski definition) is 2. The molecule has 18 heavy (non-hydrogen) atoms. The van der Waals surface area contributed by atoms with Crippen LogP contribution in [0, 0.1) is 18.7 Å². The van der Waals surface area contributed by atoms with Gasteiger partial charge in [-0.15, -0.1) is 0 Å². The second-order valence-corrected chi connectivity index (χ2v) is 4.92. The summed E-state index contributed by atoms with van der Waals surface area (Å²) in [5.74, 6) is 0.153. The first kappa shape index (κ1) is 13.0. The molecular formula is C14H19FN2O. The Morgan fingerprint density at radius 2 is 2.39 bits per heavy atom. The number of aryl methyl sites for hydroxylation is 1. The van der Waals surface area contributed by atoms with Crippen molar-refractivity contribution in [2.75, 3.05) is 18.4 Å². The monoisotopic (exact) mass is 250 g/mol. The molecule has 3 nitrogen and oxygen atoms in total. The van der Waals surface area contributed by atoms with Crippen molar-refractivity contribution in [2.24, 2.45) is 5.92 Å². The molecule has 0 radical (unpaired) electrons. The Morgan fingerprint density at radius 3 is 3.06 bits per heavy atom. The fraction of sp³-hybridized carbons (Fsp3) is 0.500. The van der Waals surface area contributed by atoms with Crippen LogP contribution in [0.25, 0.3) is 0 Å². The van der Waals surface area contributed by atoms with E-state index in [1.165, 1.54) is 12.1 Å². The van der Waals surface area contributed by atoms with E-state index in [2.05, 4.69) is 10.6 Å². The van der Waals surface area contributed by atoms with Crippen LogP contribution in [0.2, 0.25) is 0 Å². The average molecular weight is 250 g/mol. The predicted octanol–water partition coefficient (Wildman–Crippen LogP) is 2.46. The Labute approximate surface area is 107 Å². The second-order valence-electron chi connectivity index (χ2n) is 4.92. The van der Waals surface area contributed by atoms with Gasteiger partial charge in [0.05, 0.1) is 0 Å². The molecule has 0 saturated carbocycles. The lowest BCUT2D eigenvalue weighted by Gasteiger charge is -2.22. The molecule has 1 aliphatic heterocycles. The van der Waals surface area contributed by atoms with Crippen molar-refractivity contribution in [1.82, 2.24) is 5.32 Å². The van der Waals surface area contributed by atoms with Crippen LogP contribution in [-0.2, 0) is 4.79 Å². The number of anilines is 1. The highest BCUT2D eigenvalue weighted by atomic mass is 19.1. The Bertz CT molecular complexity index is 428. The van der Waals surface area contributed by atoms with Gasteiger partial charge in [-0.05, 0) is 62.5 Å². The quantitative estimate of drug-likeness (QED) is 0.865. The summed E-state index contributed by atoms with van der Waals surface area (Å²) in [6.07, 6.45) is 2.76. The zero-order valence-corrected chi connectivity index (χ0v) is 10.6. The van der Waals surface area contributed by atoms with Gasteiger partial charge in [-0.2, -0.15) is 0 Å². The van der Waals surface area contributed by atoms with Crippen molar-refractivity contribution in [1.29, 1.82) is 0 Å². The van der Waals surface area contributed by atoms with E-state index in [0.29, 0.717) is 18.0 Å². The highest BCUT2D eigenvalue weighted by Crippen LogP contribution is 2.18. The van der Waals surface area contributed by atoms with Gasteiger partial charge in [0.2, 0.25) is 5.91 Å². The largest absolute Gasteiger partial charge is 0.326 e. The maximum atomic E-state index is 12.9. The van der Waals surface area contributed by atoms with Crippen molar-refractivity contribution >= 4 is 11.6 Å². The minimum Gasteiger partial charge on any atom is -0.326 e. The number of amides is 1. The van der Waals surface area contributed by atoms with Crippen molar-refractivity contribution < 1.29 is 9.18 Å². The van der Waals surface area contributed by atoms with Crippen LogP contribution in [0.15, 0.2) is 18.2 Å². The summed E-state index contributed by atoms with van der Waals surface area (Å²) in [4.78, 5) is 11.9. The molecular weight excluding hydrogens is 231 g/mol. The van der Waals surface area contributed by atoms with E-state index in [1.54, 1.807) is 13.0 Å². The van der Waals surface area contributed by atoms with Crippen molar-refractivity contribution in [3.63, 3.8) is 0 Å². The van der Waals surface area contributed by atoms with Crippen LogP contribution < -0.4 is 10.6 Å². The molecule has 4 heteroatoms. The topological polar surface area (TPSA) is 41.1 Å². The van der Waals surface area contributed by atoms with Crippen LogP contribution in [0.3, 0.4) is 0 Å². The van der Waals surface area contributed by atoms with E-state index < -0.39 is 0 Å². The van der Waals surface area contributed by atoms with Gasteiger partial charge in [-0.25, -0.2) is 4.39 Å². The van der Waals surface area contributed by atoms with E-state index in [0.717, 1.165) is 31.5 Å². The van der Waals surface area contributed by atoms with E-state index in [4.69, 9.17) is 0 Å². The van der Waals surface area contributed by atoms with Crippen LogP contribution in [0.5, 0.6) is 0 Å². The normalized spacial score (nSPS) is 19.6. The number of hydrogen-bond donors (Lipinski definition) is 2. The van der Waals surface area contributed by atoms with Gasteiger partial charge < -0.3 is 10.6 Å². The van der Waals surface area contributed by atoms with E-state index >= 15 is 0 Å². The van der Waals surface area contributed by atoms with Crippen molar-refractivity contribution in [3.05, 3.63) is 29.6 Å². The molecule has 1 aromatic rings. The maximum Gasteiger partial charge on any atom is 0.224 e. The third kappa shape index (κ3) is 3.53. The minimum absolute atomic E-state index is 0.0124. The van der Waals surface area contributed by atoms with E-state index in [9.17, 15) is 9.18 Å². The van der Waals surface area contributed by atoms with Gasteiger partial charge in [0.15, 0.2) is 0 Å². The predicted molar refractivity (Wildman–Crippen MR) is 70.0 cm³/mol. The number of carbonyl (C=O) groups is 1. The Morgan fingerprint density at radius 1 is 1.56 bits per heavy atom. The zero-order valence-electron chi connectivity index (χ0n) is 10.6. The average Bonchev–Trinajstić information content (AvgIpc) is 2.34. The molecule has 0 bridgehead atoms. The SMILES string of the molecule is Cc1cc(F)ccc1NC(=O)CC1CCCNC1. The van der Waals surface area contributed by atoms with Crippen LogP contribution in [0.4, 0.5) is 10.1 Å². The molecule has 2 rings (SSSR count). The van der Waals surface area contributed by atoms with Gasteiger partial charge in [0.1, 0.15) is 5.82 Å². The molecule has 0 aromatic heterocycles. The van der Waals surface area contributed by atoms with Gasteiger partial charge in [0.25, 0.3) is 0 Å². The fourth-order valence-electron chi connectivity index (χ4n) is 2.33. The first-order valence-electron chi connectivity index (χ1n) is 6.42. The lowest BCUT2D eigenvalue weighted by molar-refractivity contribution is -0.117. The summed E-state index contributed by atoms with van der Waals surface area (Å²) in [5.41, 5.74) is 1.45. The summed E-state index contributed by atoms with van der Waals surface area (Å²) in [6, 6.07) is 4.41. The molecule has 1 aromatic carbocycles. The summed E-state index contributed by atoms with van der Waals surface area (Å²) >= 11 is 0. The van der Waals surface area contributed by atoms with E-state index in [1.807, 2.05) is 0 Å². The Balaban J connectivity index is 1.90. The molecule has 2 N–H and O–H groups in total. The molecule has 1 aliphatic rings. The van der Waals surface area contributed by atoms with Gasteiger partial charge >= 0.3 is 0 Å². The highest BCUT2D eigenvalue weighted by molar-refractivity contribution is 5.91. The molecule has 0 aliphatic carbocycles. The summed E-state index contributed by atoms with van der Waals surface area (Å²) in [6.45, 7) is 3.76. The number of nitrogens with one attached hydrogen (secondary N) is 2. The summed E-state index contributed by atoms with van der Waals surface area (Å²) in [5, 5.41) is 6.14. The van der Waals surface area contributed by atoms with Crippen LogP contribution in [0.1, 0.15) is 24.8 Å². The molecule has 1 atom stereocenters. The number of piperidine rings is 1. The van der Waals surface area contributed by atoms with Gasteiger partial charge in [0, 0.05) is 12.1 Å². The van der Waals surface area contributed by atoms with Gasteiger partial charge in [-0.3, -0.25) is 4.79 Å². The standard InChI is InChI=1S/C14H19FN2O/c1-10-7-12(15)4-5-13(10)17-14(18)8-11-3-2-6-16-9-11/h4-5,7,11,16H,2-3,6,8-9H2,1H3,(H,17,18). The summed E-state index contributed by atoms with van der Waals surface area (Å²) in [7, 11) is 0. The number of benzene rings is 1. The molecule has 1 fully saturated rings. The third-order valence-corrected chi connectivity index (χ3v) is 3.34. The maximum absolute atomic E-state index is 12.9. The molecule has 98 valence electrons. The molecule has 0 spiro atoms. The first-order chi connectivity index (χ1) is 8.65. The lowest BCUT2D eigenvalue weighted by atomic mass is 9.96. The minimum atomic E-state index is -0.276. The fourth-order valence-corrected chi connectivity index (χ4v) is 2.33. The third-order valence-electron chi connectivity index (χ3n) is 3.34. The van der Waals surface area contributed by atoms with Gasteiger partial charge in [-0.1, -0.05) is 0 Å². The molecule has 1 heterocycles. The summed E-state index contributed by atoms with van der Waals surface area (Å²) < 4.78 is 12.9. The van der Waals surface area contributed by atoms with Crippen molar-refractivity contribution in [3.8, 4) is 0 Å². The highest BCUT2D eigenvalue weighted by Gasteiger charge is 2.17. The number of rotatable bonds is 3. The number of carbonyl (C=O) groups excluding carboxylic acids is 1. The van der Waals surface area contributed by atoms with Crippen LogP contribution >= 0.6 is 0 Å². The van der Waals surface area contributed by atoms with Crippen LogP contribution in [-0.4, -0.2) is 19.0 Å². The molecule has 1 amide bonds. The lowest BCUT2D eigenvalue weighted by Crippen LogP contribution is -2.32. The zero-order chi connectivity index (χ0) is 13.0. The Kier molecular flexibility index (Phi) is 4.31. The molecule has 1 saturated heterocycles. The van der Waals surface area contributed by atoms with E-state index in [-0.39, 0.29) is 11.7 Å². The smallest absolute Gasteiger partial charge is 0.224 e. The molecule has 1 unspecified atom stereocenters. The Hall–Kier alpha value is -1.42. The first-order valence-corrected chi connectivity index (χ1v) is 6.42. The van der Waals surface area contributed by atoms with Crippen molar-refractivity contribution in [2.45, 2.75) is 26.2 Å². The number of halogens is 1.